The first-order chi connectivity index (χ1) is 72.0. The maximum Gasteiger partial charge on any atom is 0.131 e. The summed E-state index contributed by atoms with van der Waals surface area (Å²) in [5, 5.41) is 13.7. The third-order valence-corrected chi connectivity index (χ3v) is 28.3. The van der Waals surface area contributed by atoms with Gasteiger partial charge in [-0.05, 0) is 239 Å². The Morgan fingerprint density at radius 2 is 0.331 bits per heavy atom. The molecule has 0 N–H and O–H groups in total. The van der Waals surface area contributed by atoms with Gasteiger partial charge in [0.2, 0.25) is 0 Å². The molecule has 9 heteroatoms. The van der Waals surface area contributed by atoms with Crippen molar-refractivity contribution in [2.24, 2.45) is 0 Å². The molecular formula is C136H95N9. The summed E-state index contributed by atoms with van der Waals surface area (Å²) in [5.41, 5.74) is 34.7. The van der Waals surface area contributed by atoms with Gasteiger partial charge in [0.05, 0.1) is 44.5 Å². The van der Waals surface area contributed by atoms with Crippen molar-refractivity contribution >= 4 is 160 Å². The highest BCUT2D eigenvalue weighted by atomic mass is 15.2. The van der Waals surface area contributed by atoms with Crippen LogP contribution in [0.4, 0.5) is 51.2 Å². The van der Waals surface area contributed by atoms with Crippen LogP contribution in [-0.4, -0.2) is 27.4 Å². The number of rotatable bonds is 18. The van der Waals surface area contributed by atoms with Gasteiger partial charge in [0.1, 0.15) is 16.9 Å². The van der Waals surface area contributed by atoms with Crippen molar-refractivity contribution in [1.82, 2.24) is 27.4 Å². The number of fused-ring (bicyclic) bond motifs is 16. The topological polar surface area (TPSA) is 39.3 Å². The van der Waals surface area contributed by atoms with E-state index in [0.717, 1.165) is 96.6 Å². The molecule has 0 saturated heterocycles. The third-order valence-electron chi connectivity index (χ3n) is 28.3. The number of aromatic nitrogens is 6. The van der Waals surface area contributed by atoms with Crippen LogP contribution in [-0.2, 0) is 0 Å². The molecule has 6 heterocycles. The van der Waals surface area contributed by atoms with E-state index in [1.165, 1.54) is 131 Å². The molecule has 9 nitrogen and oxygen atoms in total. The average Bonchev–Trinajstić information content (AvgIpc) is 1.55. The number of hydrogen-bond donors (Lipinski definition) is 0. The minimum atomic E-state index is 1.09. The molecule has 0 atom stereocenters. The lowest BCUT2D eigenvalue weighted by Gasteiger charge is -2.29. The fourth-order valence-electron chi connectivity index (χ4n) is 21.9. The van der Waals surface area contributed by atoms with Crippen molar-refractivity contribution in [2.75, 3.05) is 14.7 Å². The predicted molar refractivity (Wildman–Crippen MR) is 611 cm³/mol. The van der Waals surface area contributed by atoms with E-state index < -0.39 is 0 Å². The van der Waals surface area contributed by atoms with E-state index in [-0.39, 0.29) is 0 Å². The molecule has 0 bridgehead atoms. The summed E-state index contributed by atoms with van der Waals surface area (Å²) in [4.78, 5) is 7.06. The van der Waals surface area contributed by atoms with Gasteiger partial charge < -0.3 is 14.7 Å². The average molecular weight is 1860 g/mol. The molecule has 0 unspecified atom stereocenters. The Bertz CT molecular complexity index is 9430. The fourth-order valence-corrected chi connectivity index (χ4v) is 21.9. The summed E-state index contributed by atoms with van der Waals surface area (Å²) in [6.07, 6.45) is 0. The molecule has 0 aliphatic rings. The van der Waals surface area contributed by atoms with Gasteiger partial charge >= 0.3 is 0 Å². The number of anilines is 9. The van der Waals surface area contributed by atoms with Gasteiger partial charge in [0.25, 0.3) is 0 Å². The van der Waals surface area contributed by atoms with E-state index in [0.29, 0.717) is 0 Å². The number of benzene rings is 22. The van der Waals surface area contributed by atoms with E-state index in [1.807, 2.05) is 0 Å². The van der Waals surface area contributed by atoms with Crippen LogP contribution in [0.2, 0.25) is 0 Å². The summed E-state index contributed by atoms with van der Waals surface area (Å²) >= 11 is 0. The summed E-state index contributed by atoms with van der Waals surface area (Å²) in [5.74, 6) is 0. The van der Waals surface area contributed by atoms with Crippen LogP contribution in [0.5, 0.6) is 0 Å². The van der Waals surface area contributed by atoms with Crippen molar-refractivity contribution in [3.63, 3.8) is 0 Å². The molecular weight excluding hydrogens is 1760 g/mol. The Morgan fingerprint density at radius 1 is 0.124 bits per heavy atom. The van der Waals surface area contributed by atoms with Crippen molar-refractivity contribution < 1.29 is 0 Å². The highest BCUT2D eigenvalue weighted by Gasteiger charge is 2.29. The molecule has 0 aliphatic heterocycles. The normalized spacial score (nSPS) is 11.4. The van der Waals surface area contributed by atoms with Crippen LogP contribution in [0.3, 0.4) is 0 Å². The maximum absolute atomic E-state index is 2.43. The lowest BCUT2D eigenvalue weighted by atomic mass is 10.0. The second-order valence-electron chi connectivity index (χ2n) is 36.7. The number of para-hydroxylation sites is 12. The van der Waals surface area contributed by atoms with Crippen molar-refractivity contribution in [1.29, 1.82) is 0 Å². The predicted octanol–water partition coefficient (Wildman–Crippen LogP) is 36.7. The lowest BCUT2D eigenvalue weighted by molar-refractivity contribution is 1.07. The Balaban J connectivity index is 0.000000112. The molecule has 28 aromatic rings. The van der Waals surface area contributed by atoms with E-state index in [9.17, 15) is 0 Å². The minimum absolute atomic E-state index is 1.09. The van der Waals surface area contributed by atoms with Crippen LogP contribution in [0.1, 0.15) is 0 Å². The van der Waals surface area contributed by atoms with Crippen LogP contribution >= 0.6 is 0 Å². The zero-order valence-corrected chi connectivity index (χ0v) is 79.4. The smallest absolute Gasteiger partial charge is 0.131 e. The molecule has 0 fully saturated rings. The largest absolute Gasteiger partial charge is 0.311 e. The van der Waals surface area contributed by atoms with Crippen LogP contribution in [0.25, 0.3) is 177 Å². The highest BCUT2D eigenvalue weighted by molar-refractivity contribution is 6.25. The summed E-state index contributed by atoms with van der Waals surface area (Å²) in [6.45, 7) is 0. The van der Waals surface area contributed by atoms with Crippen LogP contribution in [0, 0.1) is 0 Å². The standard InChI is InChI=1S/C50H35N3.C48H33N3.C38H27N3/c1-4-14-36(15-5-1)38-24-28-41(29-25-38)51(42-30-26-39(27-31-42)37-16-6-2-7-17-37)43-32-34-44(35-33-43)53-48-23-13-11-21-46(48)49-45-20-10-12-22-47(45)52(50(49)53)40-18-8-3-9-19-40;1-3-16-34(17-4-1)39-23-9-12-26-43(39)49(44-29-15-19-35-18-7-8-22-40(35)44)37-30-32-38(33-31-37)51-46-28-14-11-25-42(46)47-41-24-10-13-27-45(41)50(48(47)51)36-20-5-2-6-21-36;1-4-14-28(15-5-1)39(29-16-6-2-7-17-29)31-24-26-32(27-25-31)41-36-23-13-11-21-34(36)37-33-20-10-12-22-35(33)40(38(37)41)30-18-8-3-9-19-30/h1-35H;1-33H;1-27H. The third kappa shape index (κ3) is 15.4. The lowest BCUT2D eigenvalue weighted by Crippen LogP contribution is -2.12. The quantitative estimate of drug-likeness (QED) is 0.0859. The zero-order valence-electron chi connectivity index (χ0n) is 79.4. The molecule has 0 saturated carbocycles. The van der Waals surface area contributed by atoms with Crippen LogP contribution < -0.4 is 14.7 Å². The van der Waals surface area contributed by atoms with Gasteiger partial charge in [-0.1, -0.05) is 370 Å². The van der Waals surface area contributed by atoms with E-state index in [4.69, 9.17) is 0 Å². The van der Waals surface area contributed by atoms with Crippen molar-refractivity contribution in [3.05, 3.63) is 576 Å². The molecule has 0 radical (unpaired) electrons. The second-order valence-corrected chi connectivity index (χ2v) is 36.7. The van der Waals surface area contributed by atoms with Gasteiger partial charge in [0, 0.05) is 133 Å². The Hall–Kier alpha value is -19.5. The summed E-state index contributed by atoms with van der Waals surface area (Å²) < 4.78 is 14.5. The zero-order chi connectivity index (χ0) is 96.0. The molecule has 684 valence electrons. The van der Waals surface area contributed by atoms with Crippen LogP contribution in [0.15, 0.2) is 576 Å². The molecule has 0 amide bonds. The number of nitrogens with zero attached hydrogens (tertiary/aromatic N) is 9. The SMILES string of the molecule is c1ccc(-c2ccc(N(c3ccc(-c4ccccc4)cc3)c3ccc(-n4c5ccccc5c5c6ccccc6n(-c6ccccc6)c54)cc3)cc2)cc1.c1ccc(-c2ccccc2N(c2ccc(-n3c4ccccc4c4c5ccccc5n(-c5ccccc5)c43)cc2)c2cccc3ccccc23)cc1.c1ccc(N(c2ccccc2)c2ccc(-n3c4ccccc4c4c5ccccc5n(-c5ccccc5)c43)cc2)cc1. The second kappa shape index (κ2) is 37.4. The number of hydrogen-bond acceptors (Lipinski definition) is 3. The van der Waals surface area contributed by atoms with Gasteiger partial charge in [-0.2, -0.15) is 0 Å². The highest BCUT2D eigenvalue weighted by Crippen LogP contribution is 2.50. The molecule has 0 spiro atoms. The first kappa shape index (κ1) is 85.9. The van der Waals surface area contributed by atoms with Gasteiger partial charge in [-0.3, -0.25) is 27.4 Å². The van der Waals surface area contributed by atoms with Gasteiger partial charge in [0.15, 0.2) is 0 Å². The molecule has 0 aliphatic carbocycles. The Kier molecular flexibility index (Phi) is 22.1. The fraction of sp³-hybridized carbons (Fsp3) is 0. The minimum Gasteiger partial charge on any atom is -0.311 e. The van der Waals surface area contributed by atoms with E-state index >= 15 is 0 Å². The van der Waals surface area contributed by atoms with E-state index in [2.05, 4.69) is 618 Å². The van der Waals surface area contributed by atoms with Crippen molar-refractivity contribution in [3.8, 4) is 67.5 Å². The monoisotopic (exact) mass is 1850 g/mol. The first-order valence-electron chi connectivity index (χ1n) is 49.5. The Labute approximate surface area is 840 Å². The molecule has 6 aromatic heterocycles. The summed E-state index contributed by atoms with van der Waals surface area (Å²) in [6, 6.07) is 206. The summed E-state index contributed by atoms with van der Waals surface area (Å²) in [7, 11) is 0. The molecule has 145 heavy (non-hydrogen) atoms. The first-order valence-corrected chi connectivity index (χ1v) is 49.5. The molecule has 28 rings (SSSR count). The van der Waals surface area contributed by atoms with Gasteiger partial charge in [-0.15, -0.1) is 0 Å². The van der Waals surface area contributed by atoms with Gasteiger partial charge in [-0.25, -0.2) is 0 Å². The van der Waals surface area contributed by atoms with Crippen molar-refractivity contribution in [2.45, 2.75) is 0 Å². The maximum atomic E-state index is 2.43. The van der Waals surface area contributed by atoms with E-state index in [1.54, 1.807) is 0 Å². The molecule has 22 aromatic carbocycles. The Morgan fingerprint density at radius 3 is 0.648 bits per heavy atom.